The van der Waals surface area contributed by atoms with Crippen LogP contribution >= 0.6 is 15.9 Å². The third kappa shape index (κ3) is 3.99. The minimum atomic E-state index is -4.46. The summed E-state index contributed by atoms with van der Waals surface area (Å²) < 4.78 is 49.1. The minimum Gasteiger partial charge on any atom is -0.333 e. The number of halogens is 5. The molecule has 0 saturated heterocycles. The average Bonchev–Trinajstić information content (AvgIpc) is 2.18. The molecule has 1 amide bonds. The van der Waals surface area contributed by atoms with Gasteiger partial charge >= 0.3 is 6.18 Å². The fourth-order valence-electron chi connectivity index (χ4n) is 1.19. The SMILES string of the molecule is CN(CC(F)(F)F)C(=O)c1ccc(F)c(Br)c1. The Morgan fingerprint density at radius 1 is 1.41 bits per heavy atom. The zero-order valence-corrected chi connectivity index (χ0v) is 10.3. The van der Waals surface area contributed by atoms with Gasteiger partial charge in [-0.2, -0.15) is 13.2 Å². The van der Waals surface area contributed by atoms with E-state index in [-0.39, 0.29) is 10.0 Å². The Morgan fingerprint density at radius 3 is 2.47 bits per heavy atom. The lowest BCUT2D eigenvalue weighted by Crippen LogP contribution is -2.35. The van der Waals surface area contributed by atoms with E-state index in [0.29, 0.717) is 4.90 Å². The van der Waals surface area contributed by atoms with E-state index in [4.69, 9.17) is 0 Å². The smallest absolute Gasteiger partial charge is 0.333 e. The topological polar surface area (TPSA) is 20.3 Å². The van der Waals surface area contributed by atoms with E-state index in [1.807, 2.05) is 0 Å². The highest BCUT2D eigenvalue weighted by atomic mass is 79.9. The van der Waals surface area contributed by atoms with Crippen molar-refractivity contribution in [3.63, 3.8) is 0 Å². The lowest BCUT2D eigenvalue weighted by Gasteiger charge is -2.19. The molecule has 0 aliphatic carbocycles. The van der Waals surface area contributed by atoms with Crippen molar-refractivity contribution >= 4 is 21.8 Å². The van der Waals surface area contributed by atoms with E-state index in [2.05, 4.69) is 15.9 Å². The Bertz CT molecular complexity index is 433. The van der Waals surface area contributed by atoms with Gasteiger partial charge in [0.05, 0.1) is 4.47 Å². The number of hydrogen-bond acceptors (Lipinski definition) is 1. The first kappa shape index (κ1) is 14.0. The zero-order valence-electron chi connectivity index (χ0n) is 8.68. The maximum Gasteiger partial charge on any atom is 0.406 e. The van der Waals surface area contributed by atoms with E-state index in [9.17, 15) is 22.4 Å². The van der Waals surface area contributed by atoms with Crippen molar-refractivity contribution in [3.8, 4) is 0 Å². The number of benzene rings is 1. The molecule has 7 heteroatoms. The first-order valence-corrected chi connectivity index (χ1v) is 5.27. The predicted molar refractivity (Wildman–Crippen MR) is 57.1 cm³/mol. The van der Waals surface area contributed by atoms with E-state index in [1.54, 1.807) is 0 Å². The van der Waals surface area contributed by atoms with Crippen molar-refractivity contribution in [1.82, 2.24) is 4.90 Å². The molecule has 0 unspecified atom stereocenters. The molecule has 0 radical (unpaired) electrons. The van der Waals surface area contributed by atoms with Crippen LogP contribution in [0.1, 0.15) is 10.4 Å². The van der Waals surface area contributed by atoms with Gasteiger partial charge < -0.3 is 4.90 Å². The van der Waals surface area contributed by atoms with Crippen LogP contribution < -0.4 is 0 Å². The summed E-state index contributed by atoms with van der Waals surface area (Å²) in [6.45, 7) is -1.35. The molecular formula is C10H8BrF4NO. The normalized spacial score (nSPS) is 11.4. The van der Waals surface area contributed by atoms with Crippen LogP contribution in [0.4, 0.5) is 17.6 Å². The van der Waals surface area contributed by atoms with Crippen molar-refractivity contribution in [2.24, 2.45) is 0 Å². The quantitative estimate of drug-likeness (QED) is 0.768. The van der Waals surface area contributed by atoms with E-state index in [0.717, 1.165) is 25.2 Å². The number of carbonyl (C=O) groups is 1. The molecule has 0 heterocycles. The number of amides is 1. The third-order valence-corrected chi connectivity index (χ3v) is 2.54. The second-order valence-electron chi connectivity index (χ2n) is 3.41. The Morgan fingerprint density at radius 2 is 2.00 bits per heavy atom. The monoisotopic (exact) mass is 313 g/mol. The number of alkyl halides is 3. The second-order valence-corrected chi connectivity index (χ2v) is 4.26. The number of rotatable bonds is 2. The van der Waals surface area contributed by atoms with Crippen LogP contribution in [-0.2, 0) is 0 Å². The van der Waals surface area contributed by atoms with E-state index < -0.39 is 24.4 Å². The minimum absolute atomic E-state index is 0.00924. The molecule has 0 aliphatic heterocycles. The molecule has 0 saturated carbocycles. The fraction of sp³-hybridized carbons (Fsp3) is 0.300. The van der Waals surface area contributed by atoms with Crippen LogP contribution in [-0.4, -0.2) is 30.6 Å². The van der Waals surface area contributed by atoms with Crippen LogP contribution in [0.5, 0.6) is 0 Å². The lowest BCUT2D eigenvalue weighted by molar-refractivity contribution is -0.138. The van der Waals surface area contributed by atoms with Gasteiger partial charge in [-0.1, -0.05) is 0 Å². The Hall–Kier alpha value is -1.11. The van der Waals surface area contributed by atoms with Gasteiger partial charge in [-0.15, -0.1) is 0 Å². The number of carbonyl (C=O) groups excluding carboxylic acids is 1. The predicted octanol–water partition coefficient (Wildman–Crippen LogP) is 3.22. The molecular weight excluding hydrogens is 306 g/mol. The number of nitrogens with zero attached hydrogens (tertiary/aromatic N) is 1. The molecule has 0 spiro atoms. The maximum absolute atomic E-state index is 12.9. The van der Waals surface area contributed by atoms with Crippen LogP contribution in [0.15, 0.2) is 22.7 Å². The number of hydrogen-bond donors (Lipinski definition) is 0. The van der Waals surface area contributed by atoms with Crippen LogP contribution in [0, 0.1) is 5.82 Å². The van der Waals surface area contributed by atoms with Gasteiger partial charge in [0, 0.05) is 12.6 Å². The first-order chi connectivity index (χ1) is 7.70. The van der Waals surface area contributed by atoms with Crippen molar-refractivity contribution in [3.05, 3.63) is 34.1 Å². The summed E-state index contributed by atoms with van der Waals surface area (Å²) in [6.07, 6.45) is -4.46. The molecule has 1 aromatic carbocycles. The summed E-state index contributed by atoms with van der Waals surface area (Å²) in [6, 6.07) is 3.29. The molecule has 1 aromatic rings. The van der Waals surface area contributed by atoms with E-state index in [1.165, 1.54) is 0 Å². The van der Waals surface area contributed by atoms with Gasteiger partial charge in [0.2, 0.25) is 0 Å². The molecule has 0 N–H and O–H groups in total. The largest absolute Gasteiger partial charge is 0.406 e. The van der Waals surface area contributed by atoms with Crippen molar-refractivity contribution in [2.45, 2.75) is 6.18 Å². The summed E-state index contributed by atoms with van der Waals surface area (Å²) in [5.41, 5.74) is -0.00924. The molecule has 0 aromatic heterocycles. The van der Waals surface area contributed by atoms with Gasteiger partial charge in [-0.3, -0.25) is 4.79 Å². The van der Waals surface area contributed by atoms with Gasteiger partial charge in [-0.25, -0.2) is 4.39 Å². The summed E-state index contributed by atoms with van der Waals surface area (Å²) in [5, 5.41) is 0. The Kier molecular flexibility index (Phi) is 4.13. The summed E-state index contributed by atoms with van der Waals surface area (Å²) in [5.74, 6) is -1.40. The molecule has 0 bridgehead atoms. The van der Waals surface area contributed by atoms with Crippen LogP contribution in [0.3, 0.4) is 0 Å². The second kappa shape index (κ2) is 5.03. The molecule has 94 valence electrons. The highest BCUT2D eigenvalue weighted by molar-refractivity contribution is 9.10. The van der Waals surface area contributed by atoms with Gasteiger partial charge in [0.1, 0.15) is 12.4 Å². The molecule has 1 rings (SSSR count). The van der Waals surface area contributed by atoms with Crippen LogP contribution in [0.25, 0.3) is 0 Å². The maximum atomic E-state index is 12.9. The highest BCUT2D eigenvalue weighted by Crippen LogP contribution is 2.20. The standard InChI is InChI=1S/C10H8BrF4NO/c1-16(5-10(13,14)15)9(17)6-2-3-8(12)7(11)4-6/h2-4H,5H2,1H3. The van der Waals surface area contributed by atoms with Crippen molar-refractivity contribution in [1.29, 1.82) is 0 Å². The molecule has 0 atom stereocenters. The average molecular weight is 314 g/mol. The Labute approximate surface area is 103 Å². The summed E-state index contributed by atoms with van der Waals surface area (Å²) in [7, 11) is 1.03. The third-order valence-electron chi connectivity index (χ3n) is 1.93. The lowest BCUT2D eigenvalue weighted by atomic mass is 10.2. The van der Waals surface area contributed by atoms with E-state index >= 15 is 0 Å². The van der Waals surface area contributed by atoms with Crippen molar-refractivity contribution < 1.29 is 22.4 Å². The highest BCUT2D eigenvalue weighted by Gasteiger charge is 2.31. The fourth-order valence-corrected chi connectivity index (χ4v) is 1.57. The molecule has 2 nitrogen and oxygen atoms in total. The van der Waals surface area contributed by atoms with Crippen molar-refractivity contribution in [2.75, 3.05) is 13.6 Å². The van der Waals surface area contributed by atoms with Crippen LogP contribution in [0.2, 0.25) is 0 Å². The summed E-state index contributed by atoms with van der Waals surface area (Å²) in [4.78, 5) is 12.1. The molecule has 17 heavy (non-hydrogen) atoms. The first-order valence-electron chi connectivity index (χ1n) is 4.48. The van der Waals surface area contributed by atoms with Gasteiger partial charge in [-0.05, 0) is 34.1 Å². The summed E-state index contributed by atoms with van der Waals surface area (Å²) >= 11 is 2.86. The van der Waals surface area contributed by atoms with Gasteiger partial charge in [0.25, 0.3) is 5.91 Å². The zero-order chi connectivity index (χ0) is 13.2. The molecule has 0 fully saturated rings. The van der Waals surface area contributed by atoms with Gasteiger partial charge in [0.15, 0.2) is 0 Å². The molecule has 0 aliphatic rings. The Balaban J connectivity index is 2.85.